The Balaban J connectivity index is 3.50. The molecule has 0 bridgehead atoms. The number of alkyl halides is 2. The minimum absolute atomic E-state index is 0.0179. The van der Waals surface area contributed by atoms with E-state index in [1.165, 1.54) is 0 Å². The molecule has 0 saturated heterocycles. The summed E-state index contributed by atoms with van der Waals surface area (Å²) in [5.74, 6) is -2.08. The zero-order valence-corrected chi connectivity index (χ0v) is 8.65. The monoisotopic (exact) mass is 193 g/mol. The van der Waals surface area contributed by atoms with Gasteiger partial charge < -0.3 is 5.73 Å². The highest BCUT2D eigenvalue weighted by Crippen LogP contribution is 2.27. The van der Waals surface area contributed by atoms with Gasteiger partial charge in [-0.1, -0.05) is 20.3 Å². The Morgan fingerprint density at radius 3 is 2.38 bits per heavy atom. The smallest absolute Gasteiger partial charge is 0.248 e. The van der Waals surface area contributed by atoms with Gasteiger partial charge in [0.05, 0.1) is 0 Å². The highest BCUT2D eigenvalue weighted by Gasteiger charge is 2.26. The summed E-state index contributed by atoms with van der Waals surface area (Å²) < 4.78 is 25.9. The van der Waals surface area contributed by atoms with Crippen molar-refractivity contribution in [2.75, 3.05) is 6.54 Å². The van der Waals surface area contributed by atoms with Crippen LogP contribution in [-0.2, 0) is 0 Å². The van der Waals surface area contributed by atoms with Crippen molar-refractivity contribution in [3.8, 4) is 0 Å². The first-order chi connectivity index (χ1) is 6.02. The SMILES string of the molecule is CCCC(F)(F)CCCC(C)CN. The Kier molecular flexibility index (Phi) is 6.21. The van der Waals surface area contributed by atoms with Crippen molar-refractivity contribution < 1.29 is 8.78 Å². The van der Waals surface area contributed by atoms with Gasteiger partial charge in [-0.15, -0.1) is 0 Å². The predicted molar refractivity (Wildman–Crippen MR) is 51.9 cm³/mol. The van der Waals surface area contributed by atoms with Gasteiger partial charge in [0, 0.05) is 12.8 Å². The Bertz CT molecular complexity index is 126. The molecule has 1 unspecified atom stereocenters. The first kappa shape index (κ1) is 12.8. The number of rotatable bonds is 7. The van der Waals surface area contributed by atoms with E-state index >= 15 is 0 Å². The van der Waals surface area contributed by atoms with Gasteiger partial charge in [0.15, 0.2) is 0 Å². The fraction of sp³-hybridized carbons (Fsp3) is 1.00. The van der Waals surface area contributed by atoms with E-state index in [1.807, 2.05) is 6.92 Å². The summed E-state index contributed by atoms with van der Waals surface area (Å²) in [7, 11) is 0. The van der Waals surface area contributed by atoms with Crippen LogP contribution in [0, 0.1) is 5.92 Å². The normalized spacial score (nSPS) is 14.5. The van der Waals surface area contributed by atoms with E-state index < -0.39 is 5.92 Å². The highest BCUT2D eigenvalue weighted by molar-refractivity contribution is 4.66. The molecule has 0 aromatic heterocycles. The molecule has 0 aromatic rings. The van der Waals surface area contributed by atoms with Crippen molar-refractivity contribution >= 4 is 0 Å². The van der Waals surface area contributed by atoms with Gasteiger partial charge in [0.25, 0.3) is 0 Å². The van der Waals surface area contributed by atoms with E-state index in [0.29, 0.717) is 25.3 Å². The maximum absolute atomic E-state index is 12.9. The lowest BCUT2D eigenvalue weighted by molar-refractivity contribution is -0.0195. The zero-order valence-electron chi connectivity index (χ0n) is 8.65. The second-order valence-electron chi connectivity index (χ2n) is 3.84. The lowest BCUT2D eigenvalue weighted by atomic mass is 10.0. The quantitative estimate of drug-likeness (QED) is 0.660. The van der Waals surface area contributed by atoms with Crippen LogP contribution in [0.1, 0.15) is 46.0 Å². The Hall–Kier alpha value is -0.180. The molecular formula is C10H21F2N. The fourth-order valence-electron chi connectivity index (χ4n) is 1.32. The molecule has 0 radical (unpaired) electrons. The third kappa shape index (κ3) is 6.94. The van der Waals surface area contributed by atoms with Crippen LogP contribution in [0.5, 0.6) is 0 Å². The Labute approximate surface area is 79.7 Å². The summed E-state index contributed by atoms with van der Waals surface area (Å²) in [6, 6.07) is 0. The largest absolute Gasteiger partial charge is 0.330 e. The molecule has 3 heteroatoms. The average molecular weight is 193 g/mol. The summed E-state index contributed by atoms with van der Waals surface area (Å²) in [4.78, 5) is 0. The first-order valence-electron chi connectivity index (χ1n) is 5.09. The molecule has 0 rings (SSSR count). The topological polar surface area (TPSA) is 26.0 Å². The van der Waals surface area contributed by atoms with Gasteiger partial charge in [-0.25, -0.2) is 8.78 Å². The third-order valence-electron chi connectivity index (χ3n) is 2.26. The number of halogens is 2. The molecular weight excluding hydrogens is 172 g/mol. The predicted octanol–water partition coefficient (Wildman–Crippen LogP) is 3.19. The number of hydrogen-bond donors (Lipinski definition) is 1. The van der Waals surface area contributed by atoms with Crippen molar-refractivity contribution in [1.29, 1.82) is 0 Å². The minimum atomic E-state index is -2.46. The molecule has 13 heavy (non-hydrogen) atoms. The van der Waals surface area contributed by atoms with Crippen molar-refractivity contribution in [3.05, 3.63) is 0 Å². The van der Waals surface area contributed by atoms with Crippen molar-refractivity contribution in [2.45, 2.75) is 51.9 Å². The molecule has 0 spiro atoms. The Morgan fingerprint density at radius 1 is 1.31 bits per heavy atom. The summed E-state index contributed by atoms with van der Waals surface area (Å²) in [5, 5.41) is 0. The van der Waals surface area contributed by atoms with Crippen LogP contribution >= 0.6 is 0 Å². The van der Waals surface area contributed by atoms with Crippen LogP contribution in [0.2, 0.25) is 0 Å². The highest BCUT2D eigenvalue weighted by atomic mass is 19.3. The van der Waals surface area contributed by atoms with Gasteiger partial charge in [-0.3, -0.25) is 0 Å². The van der Waals surface area contributed by atoms with Crippen LogP contribution in [0.4, 0.5) is 8.78 Å². The van der Waals surface area contributed by atoms with Crippen LogP contribution < -0.4 is 5.73 Å². The van der Waals surface area contributed by atoms with Crippen molar-refractivity contribution in [3.63, 3.8) is 0 Å². The van der Waals surface area contributed by atoms with Crippen LogP contribution in [0.25, 0.3) is 0 Å². The van der Waals surface area contributed by atoms with E-state index in [4.69, 9.17) is 5.73 Å². The molecule has 0 saturated carbocycles. The maximum Gasteiger partial charge on any atom is 0.248 e. The lowest BCUT2D eigenvalue weighted by Gasteiger charge is -2.16. The van der Waals surface area contributed by atoms with Crippen molar-refractivity contribution in [2.24, 2.45) is 11.7 Å². The summed E-state index contributed by atoms with van der Waals surface area (Å²) in [5.41, 5.74) is 5.39. The molecule has 1 atom stereocenters. The van der Waals surface area contributed by atoms with E-state index in [-0.39, 0.29) is 12.8 Å². The minimum Gasteiger partial charge on any atom is -0.330 e. The molecule has 0 aromatic carbocycles. The van der Waals surface area contributed by atoms with Crippen LogP contribution in [0.3, 0.4) is 0 Å². The fourth-order valence-corrected chi connectivity index (χ4v) is 1.32. The van der Waals surface area contributed by atoms with E-state index in [9.17, 15) is 8.78 Å². The first-order valence-corrected chi connectivity index (χ1v) is 5.09. The average Bonchev–Trinajstić information content (AvgIpc) is 2.03. The molecule has 0 aliphatic carbocycles. The molecule has 2 N–H and O–H groups in total. The van der Waals surface area contributed by atoms with E-state index in [2.05, 4.69) is 0 Å². The van der Waals surface area contributed by atoms with Crippen LogP contribution in [-0.4, -0.2) is 12.5 Å². The molecule has 1 nitrogen and oxygen atoms in total. The molecule has 0 aliphatic heterocycles. The maximum atomic E-state index is 12.9. The van der Waals surface area contributed by atoms with Gasteiger partial charge in [0.2, 0.25) is 5.92 Å². The van der Waals surface area contributed by atoms with Gasteiger partial charge in [0.1, 0.15) is 0 Å². The zero-order chi connectivity index (χ0) is 10.3. The second kappa shape index (κ2) is 6.30. The Morgan fingerprint density at radius 2 is 1.92 bits per heavy atom. The molecule has 0 amide bonds. The third-order valence-corrected chi connectivity index (χ3v) is 2.26. The second-order valence-corrected chi connectivity index (χ2v) is 3.84. The molecule has 0 fully saturated rings. The number of hydrogen-bond acceptors (Lipinski definition) is 1. The summed E-state index contributed by atoms with van der Waals surface area (Å²) in [6.07, 6.45) is 2.00. The van der Waals surface area contributed by atoms with Gasteiger partial charge >= 0.3 is 0 Å². The molecule has 0 heterocycles. The van der Waals surface area contributed by atoms with E-state index in [1.54, 1.807) is 6.92 Å². The summed E-state index contributed by atoms with van der Waals surface area (Å²) >= 11 is 0. The van der Waals surface area contributed by atoms with Crippen LogP contribution in [0.15, 0.2) is 0 Å². The number of nitrogens with two attached hydrogens (primary N) is 1. The lowest BCUT2D eigenvalue weighted by Crippen LogP contribution is -2.17. The molecule has 80 valence electrons. The molecule has 0 aliphatic rings. The van der Waals surface area contributed by atoms with Crippen molar-refractivity contribution in [1.82, 2.24) is 0 Å². The standard InChI is InChI=1S/C10H21F2N/c1-3-6-10(11,12)7-4-5-9(2)8-13/h9H,3-8,13H2,1-2H3. The van der Waals surface area contributed by atoms with Gasteiger partial charge in [-0.2, -0.15) is 0 Å². The summed E-state index contributed by atoms with van der Waals surface area (Å²) in [6.45, 7) is 4.38. The van der Waals surface area contributed by atoms with E-state index in [0.717, 1.165) is 6.42 Å². The van der Waals surface area contributed by atoms with Gasteiger partial charge in [-0.05, 0) is 25.3 Å².